The van der Waals surface area contributed by atoms with Crippen molar-refractivity contribution in [2.45, 2.75) is 25.0 Å². The van der Waals surface area contributed by atoms with Gasteiger partial charge in [-0.3, -0.25) is 4.99 Å². The summed E-state index contributed by atoms with van der Waals surface area (Å²) in [6, 6.07) is 9.74. The summed E-state index contributed by atoms with van der Waals surface area (Å²) < 4.78 is 86.9. The number of benzene rings is 2. The van der Waals surface area contributed by atoms with Crippen molar-refractivity contribution >= 4 is 12.1 Å². The lowest BCUT2D eigenvalue weighted by Gasteiger charge is -2.16. The van der Waals surface area contributed by atoms with Crippen LogP contribution >= 0.6 is 0 Å². The van der Waals surface area contributed by atoms with Crippen LogP contribution in [0.4, 0.5) is 26.3 Å². The molecule has 5 nitrogen and oxygen atoms in total. The third kappa shape index (κ3) is 4.51. The van der Waals surface area contributed by atoms with Gasteiger partial charge in [-0.2, -0.15) is 17.6 Å². The molecule has 1 aliphatic heterocycles. The van der Waals surface area contributed by atoms with Crippen molar-refractivity contribution in [2.75, 3.05) is 0 Å². The van der Waals surface area contributed by atoms with Crippen molar-refractivity contribution in [2.24, 2.45) is 9.98 Å². The van der Waals surface area contributed by atoms with Gasteiger partial charge in [-0.25, -0.2) is 13.8 Å². The first-order chi connectivity index (χ1) is 15.2. The maximum absolute atomic E-state index is 13.9. The Morgan fingerprint density at radius 3 is 2.53 bits per heavy atom. The van der Waals surface area contributed by atoms with Gasteiger partial charge in [0.1, 0.15) is 17.2 Å². The van der Waals surface area contributed by atoms with Crippen molar-refractivity contribution in [3.63, 3.8) is 0 Å². The van der Waals surface area contributed by atoms with E-state index >= 15 is 0 Å². The van der Waals surface area contributed by atoms with Crippen molar-refractivity contribution in [1.29, 1.82) is 0 Å². The van der Waals surface area contributed by atoms with E-state index < -0.39 is 36.0 Å². The third-order valence-electron chi connectivity index (χ3n) is 4.48. The lowest BCUT2D eigenvalue weighted by molar-refractivity contribution is -0.253. The number of nitrogens with zero attached hydrogens (tertiary/aromatic N) is 3. The van der Waals surface area contributed by atoms with Crippen LogP contribution in [0.3, 0.4) is 0 Å². The second-order valence-corrected chi connectivity index (χ2v) is 6.77. The number of aliphatic imine (C=N–C) groups is 2. The maximum Gasteiger partial charge on any atom is 0.461 e. The summed E-state index contributed by atoms with van der Waals surface area (Å²) in [6.45, 7) is 0. The number of alkyl halides is 4. The molecule has 1 aromatic heterocycles. The molecule has 11 heteroatoms. The van der Waals surface area contributed by atoms with Crippen LogP contribution < -0.4 is 4.74 Å². The summed E-state index contributed by atoms with van der Waals surface area (Å²) >= 11 is 0. The molecule has 0 amide bonds. The van der Waals surface area contributed by atoms with E-state index in [-0.39, 0.29) is 17.8 Å². The van der Waals surface area contributed by atoms with Crippen molar-refractivity contribution in [3.05, 3.63) is 71.5 Å². The molecule has 0 saturated heterocycles. The molecule has 166 valence electrons. The van der Waals surface area contributed by atoms with Crippen LogP contribution in [0.2, 0.25) is 0 Å². The van der Waals surface area contributed by atoms with Crippen LogP contribution in [0.15, 0.2) is 63.0 Å². The Hall–Kier alpha value is -3.63. The van der Waals surface area contributed by atoms with E-state index in [0.717, 1.165) is 18.2 Å². The van der Waals surface area contributed by atoms with Crippen LogP contribution in [0.1, 0.15) is 11.3 Å². The van der Waals surface area contributed by atoms with E-state index in [1.165, 1.54) is 30.5 Å². The minimum atomic E-state index is -4.60. The van der Waals surface area contributed by atoms with Gasteiger partial charge in [0.05, 0.1) is 11.6 Å². The van der Waals surface area contributed by atoms with Crippen molar-refractivity contribution in [1.82, 2.24) is 5.16 Å². The van der Waals surface area contributed by atoms with E-state index in [2.05, 4.69) is 19.9 Å². The average molecular weight is 453 g/mol. The van der Waals surface area contributed by atoms with E-state index in [4.69, 9.17) is 4.52 Å². The molecule has 3 aromatic rings. The number of amidine groups is 1. The Morgan fingerprint density at radius 1 is 1.06 bits per heavy atom. The molecule has 4 rings (SSSR count). The van der Waals surface area contributed by atoms with E-state index in [1.807, 2.05) is 0 Å². The first kappa shape index (κ1) is 21.6. The quantitative estimate of drug-likeness (QED) is 0.457. The molecule has 32 heavy (non-hydrogen) atoms. The third-order valence-corrected chi connectivity index (χ3v) is 4.48. The summed E-state index contributed by atoms with van der Waals surface area (Å²) in [6.07, 6.45) is -6.85. The molecule has 0 bridgehead atoms. The smallest absolute Gasteiger partial charge is 0.428 e. The zero-order valence-corrected chi connectivity index (χ0v) is 16.0. The molecule has 2 heterocycles. The fourth-order valence-electron chi connectivity index (χ4n) is 2.94. The predicted octanol–water partition coefficient (Wildman–Crippen LogP) is 5.30. The summed E-state index contributed by atoms with van der Waals surface area (Å²) in [4.78, 5) is 8.28. The maximum atomic E-state index is 13.9. The highest BCUT2D eigenvalue weighted by Gasteiger charge is 2.43. The molecule has 1 aliphatic rings. The largest absolute Gasteiger partial charge is 0.461 e. The summed E-state index contributed by atoms with van der Waals surface area (Å²) in [7, 11) is 0. The molecule has 0 fully saturated rings. The normalized spacial score (nSPS) is 16.0. The lowest BCUT2D eigenvalue weighted by atomic mass is 10.1. The monoisotopic (exact) mass is 453 g/mol. The molecule has 0 aliphatic carbocycles. The van der Waals surface area contributed by atoms with Crippen LogP contribution in [0.5, 0.6) is 5.75 Å². The zero-order valence-electron chi connectivity index (χ0n) is 16.0. The molecule has 0 radical (unpaired) electrons. The highest BCUT2D eigenvalue weighted by Crippen LogP contribution is 2.29. The molecule has 2 aromatic carbocycles. The summed E-state index contributed by atoms with van der Waals surface area (Å²) in [5.41, 5.74) is 0.781. The minimum Gasteiger partial charge on any atom is -0.428 e. The molecule has 0 spiro atoms. The Kier molecular flexibility index (Phi) is 5.72. The second kappa shape index (κ2) is 8.48. The molecule has 1 atom stereocenters. The zero-order chi connectivity index (χ0) is 22.9. The van der Waals surface area contributed by atoms with Crippen LogP contribution in [-0.4, -0.2) is 35.8 Å². The molecular weight excluding hydrogens is 440 g/mol. The first-order valence-corrected chi connectivity index (χ1v) is 9.20. The van der Waals surface area contributed by atoms with Crippen molar-refractivity contribution in [3.8, 4) is 17.0 Å². The highest BCUT2D eigenvalue weighted by atomic mass is 19.3. The number of ether oxygens (including phenoxy) is 1. The minimum absolute atomic E-state index is 0.0539. The Labute approximate surface area is 177 Å². The fourth-order valence-corrected chi connectivity index (χ4v) is 2.94. The van der Waals surface area contributed by atoms with Gasteiger partial charge in [-0.15, -0.1) is 0 Å². The molecule has 1 unspecified atom stereocenters. The van der Waals surface area contributed by atoms with Gasteiger partial charge in [0.25, 0.3) is 0 Å². The number of halogens is 6. The predicted molar refractivity (Wildman–Crippen MR) is 102 cm³/mol. The molecule has 0 N–H and O–H groups in total. The molecular formula is C21H13F6N3O2. The molecule has 0 saturated carbocycles. The van der Waals surface area contributed by atoms with Gasteiger partial charge < -0.3 is 9.26 Å². The summed E-state index contributed by atoms with van der Waals surface area (Å²) in [5.74, 6) is -2.01. The van der Waals surface area contributed by atoms with Gasteiger partial charge >= 0.3 is 12.5 Å². The van der Waals surface area contributed by atoms with Crippen molar-refractivity contribution < 1.29 is 35.6 Å². The topological polar surface area (TPSA) is 60.0 Å². The average Bonchev–Trinajstić information content (AvgIpc) is 3.40. The van der Waals surface area contributed by atoms with Crippen LogP contribution in [0, 0.1) is 11.6 Å². The SMILES string of the molecule is Fc1cccc(C2=NC(Cc3cc(-c4ccc(OC(F)(F)C(F)F)cc4)no3)C=N2)c1F. The van der Waals surface area contributed by atoms with Crippen LogP contribution in [0.25, 0.3) is 11.3 Å². The van der Waals surface area contributed by atoms with Gasteiger partial charge in [-0.05, 0) is 36.4 Å². The first-order valence-electron chi connectivity index (χ1n) is 9.20. The number of aromatic nitrogens is 1. The lowest BCUT2D eigenvalue weighted by Crippen LogP contribution is -2.33. The highest BCUT2D eigenvalue weighted by molar-refractivity contribution is 6.07. The van der Waals surface area contributed by atoms with Gasteiger partial charge in [-0.1, -0.05) is 11.2 Å². The van der Waals surface area contributed by atoms with Gasteiger partial charge in [0.2, 0.25) is 0 Å². The second-order valence-electron chi connectivity index (χ2n) is 6.77. The Bertz CT molecular complexity index is 1170. The van der Waals surface area contributed by atoms with Gasteiger partial charge in [0.15, 0.2) is 17.5 Å². The standard InChI is InChI=1S/C21H13F6N3O2/c22-16-3-1-2-15(18(16)23)19-28-10-12(29-19)8-14-9-17(30-32-14)11-4-6-13(7-5-11)31-21(26,27)20(24)25/h1-7,9-10,12,20H,8H2. The van der Waals surface area contributed by atoms with E-state index in [1.54, 1.807) is 6.07 Å². The summed E-state index contributed by atoms with van der Waals surface area (Å²) in [5, 5.41) is 3.88. The number of hydrogen-bond acceptors (Lipinski definition) is 5. The van der Waals surface area contributed by atoms with Gasteiger partial charge in [0, 0.05) is 24.3 Å². The Morgan fingerprint density at radius 2 is 1.81 bits per heavy atom. The fraction of sp³-hybridized carbons (Fsp3) is 0.190. The van der Waals surface area contributed by atoms with Crippen LogP contribution in [-0.2, 0) is 6.42 Å². The number of hydrogen-bond donors (Lipinski definition) is 0. The number of rotatable bonds is 7. The Balaban J connectivity index is 1.43. The van der Waals surface area contributed by atoms with E-state index in [9.17, 15) is 26.3 Å². The van der Waals surface area contributed by atoms with E-state index in [0.29, 0.717) is 17.0 Å².